The molecule has 0 unspecified atom stereocenters. The zero-order valence-electron chi connectivity index (χ0n) is 17.0. The lowest BCUT2D eigenvalue weighted by Gasteiger charge is -2.21. The zero-order chi connectivity index (χ0) is 20.8. The number of hydrogen-bond donors (Lipinski definition) is 2. The standard InChI is InChI=1S/C21H36O7/c1-3-5-6-7-8-9-10-11-12-13-19(24)26-14-16(22)21-20(25)17(15-27-21)28-18(23)4-2/h4,16-17,20-22,25H,2-3,5-15H2,1H3/t16-,17+,20-,21-/m1/s1. The highest BCUT2D eigenvalue weighted by molar-refractivity contribution is 5.81. The van der Waals surface area contributed by atoms with Crippen LogP contribution in [0, 0.1) is 0 Å². The third-order valence-electron chi connectivity index (χ3n) is 4.88. The van der Waals surface area contributed by atoms with Gasteiger partial charge in [0.05, 0.1) is 6.61 Å². The van der Waals surface area contributed by atoms with Gasteiger partial charge in [-0.1, -0.05) is 64.9 Å². The molecule has 0 aromatic carbocycles. The number of esters is 2. The van der Waals surface area contributed by atoms with Gasteiger partial charge in [0.2, 0.25) is 0 Å². The zero-order valence-corrected chi connectivity index (χ0v) is 17.0. The molecule has 0 bridgehead atoms. The second-order valence-electron chi connectivity index (χ2n) is 7.30. The molecule has 1 aliphatic rings. The second kappa shape index (κ2) is 14.5. The highest BCUT2D eigenvalue weighted by Crippen LogP contribution is 2.21. The Hall–Kier alpha value is -1.44. The summed E-state index contributed by atoms with van der Waals surface area (Å²) in [5, 5.41) is 20.2. The minimum absolute atomic E-state index is 0.0329. The van der Waals surface area contributed by atoms with Crippen LogP contribution in [0.5, 0.6) is 0 Å². The molecule has 1 aliphatic heterocycles. The Kier molecular flexibility index (Phi) is 12.8. The molecule has 1 heterocycles. The van der Waals surface area contributed by atoms with Crippen LogP contribution < -0.4 is 0 Å². The number of unbranched alkanes of at least 4 members (excludes halogenated alkanes) is 8. The van der Waals surface area contributed by atoms with E-state index in [4.69, 9.17) is 14.2 Å². The summed E-state index contributed by atoms with van der Waals surface area (Å²) in [6, 6.07) is 0. The topological polar surface area (TPSA) is 102 Å². The van der Waals surface area contributed by atoms with Crippen LogP contribution >= 0.6 is 0 Å². The third-order valence-corrected chi connectivity index (χ3v) is 4.88. The average molecular weight is 401 g/mol. The van der Waals surface area contributed by atoms with E-state index in [0.717, 1.165) is 25.3 Å². The van der Waals surface area contributed by atoms with Gasteiger partial charge in [0, 0.05) is 12.5 Å². The Balaban J connectivity index is 2.10. The van der Waals surface area contributed by atoms with Gasteiger partial charge in [-0.15, -0.1) is 0 Å². The highest BCUT2D eigenvalue weighted by atomic mass is 16.6. The minimum atomic E-state index is -1.19. The molecule has 4 atom stereocenters. The lowest BCUT2D eigenvalue weighted by Crippen LogP contribution is -2.42. The van der Waals surface area contributed by atoms with Gasteiger partial charge in [0.25, 0.3) is 0 Å². The number of carbonyl (C=O) groups is 2. The van der Waals surface area contributed by atoms with Gasteiger partial charge in [0.1, 0.15) is 24.9 Å². The van der Waals surface area contributed by atoms with Gasteiger partial charge in [-0.25, -0.2) is 4.79 Å². The SMILES string of the molecule is C=CC(=O)O[C@H]1CO[C@H]([C@H](O)COC(=O)CCCCCCCCCCC)[C@@H]1O. The van der Waals surface area contributed by atoms with Gasteiger partial charge in [-0.05, 0) is 6.42 Å². The van der Waals surface area contributed by atoms with Crippen molar-refractivity contribution in [2.24, 2.45) is 0 Å². The molecular weight excluding hydrogens is 364 g/mol. The minimum Gasteiger partial charge on any atom is -0.463 e. The molecule has 1 rings (SSSR count). The van der Waals surface area contributed by atoms with Crippen molar-refractivity contribution in [3.05, 3.63) is 12.7 Å². The van der Waals surface area contributed by atoms with Crippen molar-refractivity contribution in [3.63, 3.8) is 0 Å². The van der Waals surface area contributed by atoms with Crippen LogP contribution in [0.15, 0.2) is 12.7 Å². The van der Waals surface area contributed by atoms with Crippen molar-refractivity contribution in [2.75, 3.05) is 13.2 Å². The summed E-state index contributed by atoms with van der Waals surface area (Å²) >= 11 is 0. The van der Waals surface area contributed by atoms with Crippen LogP contribution in [0.25, 0.3) is 0 Å². The molecule has 0 radical (unpaired) electrons. The molecule has 162 valence electrons. The molecule has 1 saturated heterocycles. The summed E-state index contributed by atoms with van der Waals surface area (Å²) in [6.45, 7) is 5.19. The first kappa shape index (κ1) is 24.6. The summed E-state index contributed by atoms with van der Waals surface area (Å²) in [6.07, 6.45) is 7.59. The number of aliphatic hydroxyl groups excluding tert-OH is 2. The largest absolute Gasteiger partial charge is 0.463 e. The van der Waals surface area contributed by atoms with E-state index in [0.29, 0.717) is 6.42 Å². The van der Waals surface area contributed by atoms with Gasteiger partial charge >= 0.3 is 11.9 Å². The van der Waals surface area contributed by atoms with E-state index >= 15 is 0 Å². The van der Waals surface area contributed by atoms with Crippen LogP contribution in [0.4, 0.5) is 0 Å². The van der Waals surface area contributed by atoms with E-state index in [9.17, 15) is 19.8 Å². The van der Waals surface area contributed by atoms with E-state index in [2.05, 4.69) is 13.5 Å². The Morgan fingerprint density at radius 3 is 2.36 bits per heavy atom. The maximum atomic E-state index is 11.8. The lowest BCUT2D eigenvalue weighted by molar-refractivity contribution is -0.151. The molecule has 0 amide bonds. The fourth-order valence-corrected chi connectivity index (χ4v) is 3.18. The Labute approximate surface area is 168 Å². The second-order valence-corrected chi connectivity index (χ2v) is 7.30. The van der Waals surface area contributed by atoms with E-state index in [1.54, 1.807) is 0 Å². The van der Waals surface area contributed by atoms with Crippen LogP contribution in [-0.4, -0.2) is 59.8 Å². The number of carbonyl (C=O) groups excluding carboxylic acids is 2. The predicted octanol–water partition coefficient (Wildman–Crippen LogP) is 2.67. The maximum absolute atomic E-state index is 11.8. The van der Waals surface area contributed by atoms with Crippen LogP contribution in [0.1, 0.15) is 71.1 Å². The summed E-state index contributed by atoms with van der Waals surface area (Å²) in [5.41, 5.74) is 0. The summed E-state index contributed by atoms with van der Waals surface area (Å²) in [5.74, 6) is -1.04. The molecule has 7 nitrogen and oxygen atoms in total. The lowest BCUT2D eigenvalue weighted by atomic mass is 10.1. The van der Waals surface area contributed by atoms with Gasteiger partial charge in [-0.3, -0.25) is 4.79 Å². The van der Waals surface area contributed by atoms with E-state index < -0.39 is 30.4 Å². The maximum Gasteiger partial charge on any atom is 0.330 e. The van der Waals surface area contributed by atoms with Crippen molar-refractivity contribution in [1.29, 1.82) is 0 Å². The van der Waals surface area contributed by atoms with Crippen molar-refractivity contribution in [1.82, 2.24) is 0 Å². The molecule has 7 heteroatoms. The number of aliphatic hydroxyl groups is 2. The van der Waals surface area contributed by atoms with Crippen molar-refractivity contribution in [3.8, 4) is 0 Å². The molecule has 2 N–H and O–H groups in total. The highest BCUT2D eigenvalue weighted by Gasteiger charge is 2.42. The van der Waals surface area contributed by atoms with E-state index in [1.807, 2.05) is 0 Å². The molecule has 0 aliphatic carbocycles. The van der Waals surface area contributed by atoms with E-state index in [-0.39, 0.29) is 19.2 Å². The quantitative estimate of drug-likeness (QED) is 0.247. The van der Waals surface area contributed by atoms with Gasteiger partial charge < -0.3 is 24.4 Å². The molecule has 0 spiro atoms. The Morgan fingerprint density at radius 2 is 1.75 bits per heavy atom. The fraction of sp³-hybridized carbons (Fsp3) is 0.810. The van der Waals surface area contributed by atoms with Crippen molar-refractivity contribution in [2.45, 2.75) is 95.5 Å². The normalized spacial score (nSPS) is 22.6. The third kappa shape index (κ3) is 9.66. The van der Waals surface area contributed by atoms with Crippen molar-refractivity contribution >= 4 is 11.9 Å². The van der Waals surface area contributed by atoms with Crippen LogP contribution in [0.2, 0.25) is 0 Å². The van der Waals surface area contributed by atoms with Crippen LogP contribution in [-0.2, 0) is 23.8 Å². The molecule has 1 fully saturated rings. The Bertz CT molecular complexity index is 466. The summed E-state index contributed by atoms with van der Waals surface area (Å²) in [7, 11) is 0. The fourth-order valence-electron chi connectivity index (χ4n) is 3.18. The first-order valence-electron chi connectivity index (χ1n) is 10.5. The molecule has 0 saturated carbocycles. The first-order chi connectivity index (χ1) is 13.5. The first-order valence-corrected chi connectivity index (χ1v) is 10.5. The monoisotopic (exact) mass is 400 g/mol. The molecule has 0 aromatic rings. The number of rotatable bonds is 15. The van der Waals surface area contributed by atoms with Gasteiger partial charge in [-0.2, -0.15) is 0 Å². The molecular formula is C21H36O7. The molecule has 28 heavy (non-hydrogen) atoms. The Morgan fingerprint density at radius 1 is 1.14 bits per heavy atom. The average Bonchev–Trinajstić information content (AvgIpc) is 3.05. The van der Waals surface area contributed by atoms with Crippen molar-refractivity contribution < 1.29 is 34.0 Å². The smallest absolute Gasteiger partial charge is 0.330 e. The van der Waals surface area contributed by atoms with Gasteiger partial charge in [0.15, 0.2) is 6.10 Å². The molecule has 0 aromatic heterocycles. The predicted molar refractivity (Wildman–Crippen MR) is 105 cm³/mol. The summed E-state index contributed by atoms with van der Waals surface area (Å²) in [4.78, 5) is 23.0. The summed E-state index contributed by atoms with van der Waals surface area (Å²) < 4.78 is 15.3. The number of ether oxygens (including phenoxy) is 3. The van der Waals surface area contributed by atoms with E-state index in [1.165, 1.54) is 38.5 Å². The number of hydrogen-bond acceptors (Lipinski definition) is 7. The van der Waals surface area contributed by atoms with Crippen LogP contribution in [0.3, 0.4) is 0 Å².